The van der Waals surface area contributed by atoms with E-state index in [2.05, 4.69) is 5.10 Å². The Hall–Kier alpha value is -2.21. The quantitative estimate of drug-likeness (QED) is 0.730. The van der Waals surface area contributed by atoms with Gasteiger partial charge in [0, 0.05) is 11.2 Å². The first-order valence-corrected chi connectivity index (χ1v) is 6.35. The second-order valence-corrected chi connectivity index (χ2v) is 4.95. The molecule has 108 valence electrons. The first-order chi connectivity index (χ1) is 9.86. The van der Waals surface area contributed by atoms with Crippen LogP contribution in [-0.4, -0.2) is 9.61 Å². The van der Waals surface area contributed by atoms with Crippen molar-refractivity contribution in [1.29, 1.82) is 0 Å². The summed E-state index contributed by atoms with van der Waals surface area (Å²) >= 11 is 5.82. The van der Waals surface area contributed by atoms with E-state index < -0.39 is 11.7 Å². The topological polar surface area (TPSA) is 43.3 Å². The molecule has 0 spiro atoms. The van der Waals surface area contributed by atoms with Gasteiger partial charge >= 0.3 is 6.18 Å². The lowest BCUT2D eigenvalue weighted by atomic mass is 10.1. The maximum Gasteiger partial charge on any atom is 0.416 e. The third kappa shape index (κ3) is 2.42. The van der Waals surface area contributed by atoms with Crippen LogP contribution in [0.4, 0.5) is 19.0 Å². The van der Waals surface area contributed by atoms with Crippen molar-refractivity contribution in [1.82, 2.24) is 9.61 Å². The van der Waals surface area contributed by atoms with E-state index in [9.17, 15) is 13.2 Å². The summed E-state index contributed by atoms with van der Waals surface area (Å²) in [5.41, 5.74) is 6.50. The van der Waals surface area contributed by atoms with Crippen molar-refractivity contribution >= 4 is 22.9 Å². The molecule has 0 saturated carbocycles. The van der Waals surface area contributed by atoms with Gasteiger partial charge in [0.25, 0.3) is 0 Å². The van der Waals surface area contributed by atoms with Crippen molar-refractivity contribution in [2.45, 2.75) is 6.18 Å². The highest BCUT2D eigenvalue weighted by Gasteiger charge is 2.31. The van der Waals surface area contributed by atoms with Crippen LogP contribution in [0, 0.1) is 0 Å². The summed E-state index contributed by atoms with van der Waals surface area (Å²) in [7, 11) is 0. The molecule has 0 unspecified atom stereocenters. The minimum atomic E-state index is -4.42. The van der Waals surface area contributed by atoms with Gasteiger partial charge in [-0.05, 0) is 29.8 Å². The Bertz CT molecular complexity index is 807. The van der Waals surface area contributed by atoms with E-state index in [1.807, 2.05) is 0 Å². The molecule has 21 heavy (non-hydrogen) atoms. The number of rotatable bonds is 1. The van der Waals surface area contributed by atoms with Crippen LogP contribution in [0.15, 0.2) is 42.6 Å². The molecule has 0 aliphatic heterocycles. The first-order valence-electron chi connectivity index (χ1n) is 5.97. The maximum absolute atomic E-state index is 12.8. The first kappa shape index (κ1) is 13.8. The van der Waals surface area contributed by atoms with Gasteiger partial charge in [0.15, 0.2) is 5.82 Å². The van der Waals surface area contributed by atoms with Crippen molar-refractivity contribution in [2.75, 3.05) is 5.73 Å². The molecule has 0 aliphatic rings. The largest absolute Gasteiger partial charge is 0.416 e. The highest BCUT2D eigenvalue weighted by atomic mass is 35.5. The summed E-state index contributed by atoms with van der Waals surface area (Å²) in [6.07, 6.45) is -3.17. The van der Waals surface area contributed by atoms with E-state index in [1.54, 1.807) is 24.3 Å². The van der Waals surface area contributed by atoms with E-state index in [-0.39, 0.29) is 5.82 Å². The predicted molar refractivity (Wildman–Crippen MR) is 75.1 cm³/mol. The second-order valence-electron chi connectivity index (χ2n) is 4.51. The highest BCUT2D eigenvalue weighted by molar-refractivity contribution is 6.30. The Morgan fingerprint density at radius 2 is 1.76 bits per heavy atom. The van der Waals surface area contributed by atoms with Gasteiger partial charge in [-0.1, -0.05) is 23.7 Å². The second kappa shape index (κ2) is 4.66. The molecule has 2 aromatic heterocycles. The Balaban J connectivity index is 2.26. The summed E-state index contributed by atoms with van der Waals surface area (Å²) in [5.74, 6) is 0.164. The fourth-order valence-electron chi connectivity index (χ4n) is 2.15. The molecule has 0 atom stereocenters. The van der Waals surface area contributed by atoms with Gasteiger partial charge in [0.1, 0.15) is 0 Å². The van der Waals surface area contributed by atoms with E-state index in [0.717, 1.165) is 12.1 Å². The summed E-state index contributed by atoms with van der Waals surface area (Å²) in [5, 5.41) is 4.56. The standard InChI is InChI=1S/C14H9ClF3N3/c15-10-3-1-8(2-4-10)12-11-7-9(14(16,17)18)5-6-21(11)20-13(12)19/h1-7H,(H2,19,20). The van der Waals surface area contributed by atoms with Gasteiger partial charge in [-0.3, -0.25) is 0 Å². The molecule has 3 nitrogen and oxygen atoms in total. The number of hydrogen-bond donors (Lipinski definition) is 1. The number of nitrogens with two attached hydrogens (primary N) is 1. The van der Waals surface area contributed by atoms with Crippen molar-refractivity contribution in [3.8, 4) is 11.1 Å². The normalized spacial score (nSPS) is 12.0. The van der Waals surface area contributed by atoms with Crippen LogP contribution in [0.3, 0.4) is 0 Å². The van der Waals surface area contributed by atoms with Crippen LogP contribution in [-0.2, 0) is 6.18 Å². The minimum absolute atomic E-state index is 0.164. The van der Waals surface area contributed by atoms with E-state index >= 15 is 0 Å². The number of halogens is 4. The van der Waals surface area contributed by atoms with Gasteiger partial charge in [-0.25, -0.2) is 4.52 Å². The lowest BCUT2D eigenvalue weighted by molar-refractivity contribution is -0.137. The number of pyridine rings is 1. The summed E-state index contributed by atoms with van der Waals surface area (Å²) in [4.78, 5) is 0. The number of fused-ring (bicyclic) bond motifs is 1. The molecular weight excluding hydrogens is 303 g/mol. The van der Waals surface area contributed by atoms with Gasteiger partial charge in [0.2, 0.25) is 0 Å². The zero-order valence-corrected chi connectivity index (χ0v) is 11.3. The number of hydrogen-bond acceptors (Lipinski definition) is 2. The third-order valence-corrected chi connectivity index (χ3v) is 3.37. The van der Waals surface area contributed by atoms with Crippen LogP contribution >= 0.6 is 11.6 Å². The zero-order chi connectivity index (χ0) is 15.2. The van der Waals surface area contributed by atoms with Gasteiger partial charge in [-0.15, -0.1) is 0 Å². The lowest BCUT2D eigenvalue weighted by Crippen LogP contribution is -2.05. The predicted octanol–water partition coefficient (Wildman–Crippen LogP) is 4.26. The maximum atomic E-state index is 12.8. The molecule has 0 aliphatic carbocycles. The third-order valence-electron chi connectivity index (χ3n) is 3.12. The fourth-order valence-corrected chi connectivity index (χ4v) is 2.28. The summed E-state index contributed by atoms with van der Waals surface area (Å²) < 4.78 is 39.8. The lowest BCUT2D eigenvalue weighted by Gasteiger charge is -2.07. The minimum Gasteiger partial charge on any atom is -0.382 e. The molecule has 0 radical (unpaired) electrons. The van der Waals surface area contributed by atoms with E-state index in [0.29, 0.717) is 21.7 Å². The number of benzene rings is 1. The van der Waals surface area contributed by atoms with Crippen LogP contribution in [0.25, 0.3) is 16.6 Å². The van der Waals surface area contributed by atoms with Crippen molar-refractivity contribution in [2.24, 2.45) is 0 Å². The Labute approximate surface area is 122 Å². The molecule has 0 amide bonds. The SMILES string of the molecule is Nc1nn2ccc(C(F)(F)F)cc2c1-c1ccc(Cl)cc1. The average molecular weight is 312 g/mol. The van der Waals surface area contributed by atoms with Crippen LogP contribution < -0.4 is 5.73 Å². The van der Waals surface area contributed by atoms with E-state index in [1.165, 1.54) is 10.7 Å². The Morgan fingerprint density at radius 3 is 2.38 bits per heavy atom. The molecule has 2 N–H and O–H groups in total. The molecule has 3 rings (SSSR count). The number of alkyl halides is 3. The van der Waals surface area contributed by atoms with Crippen molar-refractivity contribution in [3.63, 3.8) is 0 Å². The number of aromatic nitrogens is 2. The Kier molecular flexibility index (Phi) is 3.06. The molecule has 0 saturated heterocycles. The smallest absolute Gasteiger partial charge is 0.382 e. The number of nitrogen functional groups attached to an aromatic ring is 1. The van der Waals surface area contributed by atoms with Crippen LogP contribution in [0.5, 0.6) is 0 Å². The highest BCUT2D eigenvalue weighted by Crippen LogP contribution is 2.35. The molecule has 3 aromatic rings. The van der Waals surface area contributed by atoms with Crippen molar-refractivity contribution < 1.29 is 13.2 Å². The van der Waals surface area contributed by atoms with Crippen LogP contribution in [0.2, 0.25) is 5.02 Å². The molecular formula is C14H9ClF3N3. The van der Waals surface area contributed by atoms with Crippen LogP contribution in [0.1, 0.15) is 5.56 Å². The molecule has 0 fully saturated rings. The van der Waals surface area contributed by atoms with E-state index in [4.69, 9.17) is 17.3 Å². The van der Waals surface area contributed by atoms with Gasteiger partial charge in [0.05, 0.1) is 16.6 Å². The summed E-state index contributed by atoms with van der Waals surface area (Å²) in [6.45, 7) is 0. The van der Waals surface area contributed by atoms with Crippen molar-refractivity contribution in [3.05, 3.63) is 53.2 Å². The van der Waals surface area contributed by atoms with Gasteiger partial charge < -0.3 is 5.73 Å². The molecule has 2 heterocycles. The molecule has 0 bridgehead atoms. The summed E-state index contributed by atoms with van der Waals surface area (Å²) in [6, 6.07) is 8.67. The number of nitrogens with zero attached hydrogens (tertiary/aromatic N) is 2. The monoisotopic (exact) mass is 311 g/mol. The number of anilines is 1. The molecule has 1 aromatic carbocycles. The molecule has 7 heteroatoms. The Morgan fingerprint density at radius 1 is 1.10 bits per heavy atom. The fraction of sp³-hybridized carbons (Fsp3) is 0.0714. The van der Waals surface area contributed by atoms with Gasteiger partial charge in [-0.2, -0.15) is 18.3 Å². The zero-order valence-electron chi connectivity index (χ0n) is 10.5. The average Bonchev–Trinajstić information content (AvgIpc) is 2.74.